The number of benzene rings is 1. The van der Waals surface area contributed by atoms with E-state index in [1.807, 2.05) is 16.9 Å². The molecule has 0 bridgehead atoms. The molecular formula is C18H25N3. The number of anilines is 1. The van der Waals surface area contributed by atoms with Crippen LogP contribution in [0, 0.1) is 5.41 Å². The minimum absolute atomic E-state index is 0.523. The lowest BCUT2D eigenvalue weighted by Gasteiger charge is -2.34. The van der Waals surface area contributed by atoms with Gasteiger partial charge in [0.15, 0.2) is 0 Å². The first kappa shape index (κ1) is 14.2. The van der Waals surface area contributed by atoms with Crippen molar-refractivity contribution < 1.29 is 0 Å². The molecule has 1 N–H and O–H groups in total. The van der Waals surface area contributed by atoms with Crippen LogP contribution < -0.4 is 5.32 Å². The van der Waals surface area contributed by atoms with E-state index in [2.05, 4.69) is 54.7 Å². The molecule has 0 saturated heterocycles. The molecule has 2 aromatic rings. The second-order valence-electron chi connectivity index (χ2n) is 7.00. The summed E-state index contributed by atoms with van der Waals surface area (Å²) in [6.45, 7) is 5.59. The summed E-state index contributed by atoms with van der Waals surface area (Å²) in [6.07, 6.45) is 9.20. The van der Waals surface area contributed by atoms with Crippen molar-refractivity contribution in [3.05, 3.63) is 48.3 Å². The van der Waals surface area contributed by atoms with Gasteiger partial charge in [-0.25, -0.2) is 0 Å². The number of hydrogen-bond donors (Lipinski definition) is 1. The highest BCUT2D eigenvalue weighted by molar-refractivity contribution is 5.39. The van der Waals surface area contributed by atoms with Crippen LogP contribution >= 0.6 is 0 Å². The van der Waals surface area contributed by atoms with Crippen LogP contribution in [0.3, 0.4) is 0 Å². The van der Waals surface area contributed by atoms with E-state index in [9.17, 15) is 0 Å². The minimum Gasteiger partial charge on any atom is -0.380 e. The molecule has 0 radical (unpaired) electrons. The molecule has 1 fully saturated rings. The molecule has 3 rings (SSSR count). The van der Waals surface area contributed by atoms with E-state index < -0.39 is 0 Å². The lowest BCUT2D eigenvalue weighted by Crippen LogP contribution is -2.29. The first-order valence-electron chi connectivity index (χ1n) is 7.94. The number of rotatable bonds is 4. The van der Waals surface area contributed by atoms with E-state index >= 15 is 0 Å². The molecule has 21 heavy (non-hydrogen) atoms. The molecule has 0 unspecified atom stereocenters. The molecule has 1 aliphatic carbocycles. The fraction of sp³-hybridized carbons (Fsp3) is 0.500. The summed E-state index contributed by atoms with van der Waals surface area (Å²) in [5.74, 6) is 0. The van der Waals surface area contributed by atoms with Gasteiger partial charge in [0, 0.05) is 12.2 Å². The summed E-state index contributed by atoms with van der Waals surface area (Å²) < 4.78 is 2.00. The van der Waals surface area contributed by atoms with Gasteiger partial charge in [0.25, 0.3) is 0 Å². The van der Waals surface area contributed by atoms with Crippen molar-refractivity contribution in [3.8, 4) is 0 Å². The molecule has 3 nitrogen and oxygen atoms in total. The van der Waals surface area contributed by atoms with Gasteiger partial charge in [0.1, 0.15) is 0 Å². The summed E-state index contributed by atoms with van der Waals surface area (Å²) in [7, 11) is 0. The monoisotopic (exact) mass is 283 g/mol. The van der Waals surface area contributed by atoms with Gasteiger partial charge in [-0.15, -0.1) is 0 Å². The minimum atomic E-state index is 0.523. The summed E-state index contributed by atoms with van der Waals surface area (Å²) >= 11 is 0. The average Bonchev–Trinajstić information content (AvgIpc) is 2.90. The molecule has 0 amide bonds. The highest BCUT2D eigenvalue weighted by Gasteiger charge is 2.26. The predicted molar refractivity (Wildman–Crippen MR) is 87.4 cm³/mol. The molecule has 1 aromatic carbocycles. The normalized spacial score (nSPS) is 18.6. The van der Waals surface area contributed by atoms with Gasteiger partial charge < -0.3 is 5.32 Å². The van der Waals surface area contributed by atoms with Crippen LogP contribution in [0.15, 0.2) is 42.7 Å². The zero-order valence-electron chi connectivity index (χ0n) is 13.0. The van der Waals surface area contributed by atoms with E-state index in [4.69, 9.17) is 0 Å². The van der Waals surface area contributed by atoms with Gasteiger partial charge in [-0.2, -0.15) is 5.10 Å². The molecule has 1 aromatic heterocycles. The Morgan fingerprint density at radius 2 is 1.90 bits per heavy atom. The third-order valence-corrected chi connectivity index (χ3v) is 4.53. The maximum atomic E-state index is 4.46. The third kappa shape index (κ3) is 3.87. The molecular weight excluding hydrogens is 258 g/mol. The van der Waals surface area contributed by atoms with Gasteiger partial charge in [0.2, 0.25) is 0 Å². The van der Waals surface area contributed by atoms with E-state index in [-0.39, 0.29) is 0 Å². The topological polar surface area (TPSA) is 29.9 Å². The quantitative estimate of drug-likeness (QED) is 0.906. The Labute approximate surface area is 127 Å². The molecule has 3 heteroatoms. The largest absolute Gasteiger partial charge is 0.380 e. The zero-order chi connectivity index (χ0) is 14.7. The van der Waals surface area contributed by atoms with Crippen LogP contribution in [0.1, 0.15) is 45.1 Å². The molecule has 0 spiro atoms. The number of hydrogen-bond acceptors (Lipinski definition) is 2. The van der Waals surface area contributed by atoms with Crippen molar-refractivity contribution >= 4 is 5.69 Å². The van der Waals surface area contributed by atoms with Crippen LogP contribution in [0.5, 0.6) is 0 Å². The van der Waals surface area contributed by atoms with Crippen molar-refractivity contribution in [1.29, 1.82) is 0 Å². The first-order chi connectivity index (χ1) is 10.1. The van der Waals surface area contributed by atoms with Crippen LogP contribution in [0.4, 0.5) is 5.69 Å². The smallest absolute Gasteiger partial charge is 0.0728 e. The number of aromatic nitrogens is 2. The molecule has 0 aliphatic heterocycles. The average molecular weight is 283 g/mol. The van der Waals surface area contributed by atoms with Crippen molar-refractivity contribution in [2.45, 2.75) is 52.1 Å². The van der Waals surface area contributed by atoms with Gasteiger partial charge in [-0.1, -0.05) is 44.2 Å². The van der Waals surface area contributed by atoms with Gasteiger partial charge in [0.05, 0.1) is 18.4 Å². The Kier molecular flexibility index (Phi) is 4.00. The Morgan fingerprint density at radius 1 is 1.19 bits per heavy atom. The fourth-order valence-corrected chi connectivity index (χ4v) is 3.07. The van der Waals surface area contributed by atoms with Gasteiger partial charge in [-0.05, 0) is 36.7 Å². The fourth-order valence-electron chi connectivity index (χ4n) is 3.07. The van der Waals surface area contributed by atoms with Gasteiger partial charge >= 0.3 is 0 Å². The van der Waals surface area contributed by atoms with Gasteiger partial charge in [-0.3, -0.25) is 4.68 Å². The van der Waals surface area contributed by atoms with E-state index in [0.717, 1.165) is 12.2 Å². The molecule has 1 heterocycles. The highest BCUT2D eigenvalue weighted by Crippen LogP contribution is 2.36. The first-order valence-corrected chi connectivity index (χ1v) is 7.94. The van der Waals surface area contributed by atoms with E-state index in [1.165, 1.54) is 31.2 Å². The highest BCUT2D eigenvalue weighted by atomic mass is 15.3. The lowest BCUT2D eigenvalue weighted by atomic mass is 9.75. The van der Waals surface area contributed by atoms with Crippen molar-refractivity contribution in [2.75, 3.05) is 5.32 Å². The summed E-state index contributed by atoms with van der Waals surface area (Å²) in [5, 5.41) is 8.10. The molecule has 0 atom stereocenters. The second kappa shape index (κ2) is 5.92. The Hall–Kier alpha value is -1.77. The maximum absolute atomic E-state index is 4.46. The SMILES string of the molecule is CC1(C)CCC(Nc2cnn(Cc3ccccc3)c2)CC1. The Morgan fingerprint density at radius 3 is 2.62 bits per heavy atom. The van der Waals surface area contributed by atoms with Crippen molar-refractivity contribution in [1.82, 2.24) is 9.78 Å². The molecule has 1 saturated carbocycles. The van der Waals surface area contributed by atoms with E-state index in [0.29, 0.717) is 11.5 Å². The standard InChI is InChI=1S/C18H25N3/c1-18(2)10-8-16(9-11-18)20-17-12-19-21(14-17)13-15-6-4-3-5-7-15/h3-7,12,14,16,20H,8-11,13H2,1-2H3. The van der Waals surface area contributed by atoms with Crippen LogP contribution in [0.25, 0.3) is 0 Å². The summed E-state index contributed by atoms with van der Waals surface area (Å²) in [4.78, 5) is 0. The second-order valence-corrected chi connectivity index (χ2v) is 7.00. The van der Waals surface area contributed by atoms with Crippen LogP contribution in [-0.4, -0.2) is 15.8 Å². The summed E-state index contributed by atoms with van der Waals surface area (Å²) in [6, 6.07) is 11.1. The number of nitrogens with one attached hydrogen (secondary N) is 1. The lowest BCUT2D eigenvalue weighted by molar-refractivity contribution is 0.232. The zero-order valence-corrected chi connectivity index (χ0v) is 13.0. The van der Waals surface area contributed by atoms with E-state index in [1.54, 1.807) is 0 Å². The number of nitrogens with zero attached hydrogens (tertiary/aromatic N) is 2. The Balaban J connectivity index is 1.56. The summed E-state index contributed by atoms with van der Waals surface area (Å²) in [5.41, 5.74) is 2.96. The van der Waals surface area contributed by atoms with Crippen molar-refractivity contribution in [3.63, 3.8) is 0 Å². The molecule has 1 aliphatic rings. The maximum Gasteiger partial charge on any atom is 0.0728 e. The van der Waals surface area contributed by atoms with Crippen molar-refractivity contribution in [2.24, 2.45) is 5.41 Å². The predicted octanol–water partition coefficient (Wildman–Crippen LogP) is 4.31. The van der Waals surface area contributed by atoms with Crippen LogP contribution in [-0.2, 0) is 6.54 Å². The molecule has 112 valence electrons. The Bertz CT molecular complexity index is 561. The third-order valence-electron chi connectivity index (χ3n) is 4.53. The van der Waals surface area contributed by atoms with Crippen LogP contribution in [0.2, 0.25) is 0 Å².